The molecule has 1 aliphatic carbocycles. The molecule has 1 saturated heterocycles. The minimum absolute atomic E-state index is 0.0678. The molecule has 1 amide bonds. The van der Waals surface area contributed by atoms with Crippen LogP contribution in [0.15, 0.2) is 12.4 Å². The molecule has 1 aliphatic heterocycles. The van der Waals surface area contributed by atoms with E-state index in [-0.39, 0.29) is 11.9 Å². The lowest BCUT2D eigenvalue weighted by atomic mass is 10.1. The fourth-order valence-corrected chi connectivity index (χ4v) is 2.96. The zero-order chi connectivity index (χ0) is 15.0. The van der Waals surface area contributed by atoms with Crippen LogP contribution >= 0.6 is 0 Å². The largest absolute Gasteiger partial charge is 0.346 e. The number of hydrogen-bond acceptors (Lipinski definition) is 4. The summed E-state index contributed by atoms with van der Waals surface area (Å²) in [6.45, 7) is 8.56. The van der Waals surface area contributed by atoms with Crippen LogP contribution < -0.4 is 5.32 Å². The van der Waals surface area contributed by atoms with Crippen LogP contribution in [-0.2, 0) is 0 Å². The smallest absolute Gasteiger partial charge is 0.270 e. The predicted molar refractivity (Wildman–Crippen MR) is 81.1 cm³/mol. The zero-order valence-electron chi connectivity index (χ0n) is 13.0. The average molecular weight is 288 g/mol. The van der Waals surface area contributed by atoms with Gasteiger partial charge in [0.1, 0.15) is 12.0 Å². The number of likely N-dealkylation sites (tertiary alicyclic amines) is 1. The van der Waals surface area contributed by atoms with Gasteiger partial charge < -0.3 is 5.32 Å². The molecule has 0 bridgehead atoms. The first-order valence-corrected chi connectivity index (χ1v) is 7.91. The molecular formula is C16H24N4O. The van der Waals surface area contributed by atoms with Crippen LogP contribution in [0.1, 0.15) is 55.7 Å². The monoisotopic (exact) mass is 288 g/mol. The van der Waals surface area contributed by atoms with Gasteiger partial charge >= 0.3 is 0 Å². The molecule has 1 aromatic heterocycles. The van der Waals surface area contributed by atoms with Gasteiger partial charge in [-0.05, 0) is 38.7 Å². The molecule has 2 aliphatic rings. The van der Waals surface area contributed by atoms with Gasteiger partial charge in [0.05, 0.1) is 0 Å². The van der Waals surface area contributed by atoms with Gasteiger partial charge in [-0.3, -0.25) is 9.69 Å². The van der Waals surface area contributed by atoms with Gasteiger partial charge in [0, 0.05) is 36.8 Å². The van der Waals surface area contributed by atoms with Crippen molar-refractivity contribution in [2.45, 2.75) is 51.6 Å². The van der Waals surface area contributed by atoms with E-state index in [2.05, 4.69) is 41.0 Å². The molecule has 114 valence electrons. The molecule has 5 heteroatoms. The van der Waals surface area contributed by atoms with Gasteiger partial charge in [0.25, 0.3) is 5.91 Å². The van der Waals surface area contributed by atoms with Crippen LogP contribution in [0, 0.1) is 5.92 Å². The van der Waals surface area contributed by atoms with E-state index >= 15 is 0 Å². The second-order valence-electron chi connectivity index (χ2n) is 6.71. The Morgan fingerprint density at radius 3 is 2.71 bits per heavy atom. The Morgan fingerprint density at radius 1 is 1.33 bits per heavy atom. The minimum Gasteiger partial charge on any atom is -0.346 e. The standard InChI is InChI=1S/C16H24N4O/c1-10(2)20-7-11(3)15(8-20)19-16(21)14-6-13(12-4-5-12)17-9-18-14/h6,9-12,15H,4-5,7-8H2,1-3H3,(H,19,21)/t11-,15+/m0/s1. The summed E-state index contributed by atoms with van der Waals surface area (Å²) in [5.74, 6) is 0.948. The highest BCUT2D eigenvalue weighted by molar-refractivity contribution is 5.92. The quantitative estimate of drug-likeness (QED) is 0.918. The van der Waals surface area contributed by atoms with Gasteiger partial charge in [-0.1, -0.05) is 6.92 Å². The second-order valence-corrected chi connectivity index (χ2v) is 6.71. The van der Waals surface area contributed by atoms with Gasteiger partial charge in [-0.15, -0.1) is 0 Å². The Balaban J connectivity index is 1.64. The molecule has 1 aromatic rings. The van der Waals surface area contributed by atoms with Crippen molar-refractivity contribution in [3.05, 3.63) is 23.8 Å². The number of rotatable bonds is 4. The Hall–Kier alpha value is -1.49. The molecule has 0 radical (unpaired) electrons. The van der Waals surface area contributed by atoms with E-state index in [9.17, 15) is 4.79 Å². The maximum Gasteiger partial charge on any atom is 0.270 e. The third-order valence-corrected chi connectivity index (χ3v) is 4.60. The maximum atomic E-state index is 12.4. The molecular weight excluding hydrogens is 264 g/mol. The molecule has 5 nitrogen and oxygen atoms in total. The number of nitrogens with zero attached hydrogens (tertiary/aromatic N) is 3. The van der Waals surface area contributed by atoms with E-state index in [0.29, 0.717) is 23.6 Å². The van der Waals surface area contributed by atoms with Crippen LogP contribution in [0.5, 0.6) is 0 Å². The van der Waals surface area contributed by atoms with E-state index in [0.717, 1.165) is 18.8 Å². The number of carbonyl (C=O) groups excluding carboxylic acids is 1. The fourth-order valence-electron chi connectivity index (χ4n) is 2.96. The van der Waals surface area contributed by atoms with E-state index in [1.807, 2.05) is 6.07 Å². The summed E-state index contributed by atoms with van der Waals surface area (Å²) in [6.07, 6.45) is 3.88. The van der Waals surface area contributed by atoms with Crippen LogP contribution in [-0.4, -0.2) is 45.9 Å². The summed E-state index contributed by atoms with van der Waals surface area (Å²) in [6, 6.07) is 2.58. The minimum atomic E-state index is -0.0678. The first-order valence-electron chi connectivity index (χ1n) is 7.91. The lowest BCUT2D eigenvalue weighted by Gasteiger charge is -2.20. The maximum absolute atomic E-state index is 12.4. The van der Waals surface area contributed by atoms with Crippen molar-refractivity contribution in [2.75, 3.05) is 13.1 Å². The van der Waals surface area contributed by atoms with E-state index in [4.69, 9.17) is 0 Å². The number of hydrogen-bond donors (Lipinski definition) is 1. The predicted octanol–water partition coefficient (Wildman–Crippen LogP) is 1.81. The third kappa shape index (κ3) is 3.23. The van der Waals surface area contributed by atoms with Crippen LogP contribution in [0.4, 0.5) is 0 Å². The molecule has 1 N–H and O–H groups in total. The van der Waals surface area contributed by atoms with Crippen molar-refractivity contribution in [1.82, 2.24) is 20.2 Å². The Morgan fingerprint density at radius 2 is 2.10 bits per heavy atom. The molecule has 2 atom stereocenters. The first-order chi connectivity index (χ1) is 10.0. The summed E-state index contributed by atoms with van der Waals surface area (Å²) in [5, 5.41) is 3.15. The normalized spacial score (nSPS) is 26.3. The molecule has 0 unspecified atom stereocenters. The van der Waals surface area contributed by atoms with Crippen molar-refractivity contribution in [2.24, 2.45) is 5.92 Å². The molecule has 2 heterocycles. The number of aromatic nitrogens is 2. The lowest BCUT2D eigenvalue weighted by Crippen LogP contribution is -2.40. The summed E-state index contributed by atoms with van der Waals surface area (Å²) in [7, 11) is 0. The second kappa shape index (κ2) is 5.72. The summed E-state index contributed by atoms with van der Waals surface area (Å²) in [4.78, 5) is 23.2. The Kier molecular flexibility index (Phi) is 3.93. The van der Waals surface area contributed by atoms with Crippen molar-refractivity contribution in [1.29, 1.82) is 0 Å². The van der Waals surface area contributed by atoms with Crippen molar-refractivity contribution < 1.29 is 4.79 Å². The highest BCUT2D eigenvalue weighted by Gasteiger charge is 2.32. The highest BCUT2D eigenvalue weighted by Crippen LogP contribution is 2.38. The van der Waals surface area contributed by atoms with Gasteiger partial charge in [0.15, 0.2) is 0 Å². The van der Waals surface area contributed by atoms with Crippen molar-refractivity contribution in [3.63, 3.8) is 0 Å². The number of carbonyl (C=O) groups is 1. The van der Waals surface area contributed by atoms with E-state index in [1.165, 1.54) is 19.2 Å². The first kappa shape index (κ1) is 14.4. The van der Waals surface area contributed by atoms with Crippen molar-refractivity contribution >= 4 is 5.91 Å². The summed E-state index contributed by atoms with van der Waals surface area (Å²) < 4.78 is 0. The third-order valence-electron chi connectivity index (χ3n) is 4.60. The van der Waals surface area contributed by atoms with E-state index in [1.54, 1.807) is 0 Å². The molecule has 0 aromatic carbocycles. The SMILES string of the molecule is CC(C)N1C[C@H](C)[C@H](NC(=O)c2cc(C3CC3)ncn2)C1. The van der Waals surface area contributed by atoms with Crippen LogP contribution in [0.25, 0.3) is 0 Å². The Bertz CT molecular complexity index is 527. The van der Waals surface area contributed by atoms with Crippen LogP contribution in [0.3, 0.4) is 0 Å². The average Bonchev–Trinajstić information content (AvgIpc) is 3.24. The fraction of sp³-hybridized carbons (Fsp3) is 0.688. The summed E-state index contributed by atoms with van der Waals surface area (Å²) >= 11 is 0. The number of nitrogens with one attached hydrogen (secondary N) is 1. The van der Waals surface area contributed by atoms with E-state index < -0.39 is 0 Å². The molecule has 3 rings (SSSR count). The van der Waals surface area contributed by atoms with Crippen molar-refractivity contribution in [3.8, 4) is 0 Å². The molecule has 21 heavy (non-hydrogen) atoms. The zero-order valence-corrected chi connectivity index (χ0v) is 13.0. The number of amides is 1. The van der Waals surface area contributed by atoms with Crippen LogP contribution in [0.2, 0.25) is 0 Å². The van der Waals surface area contributed by atoms with Gasteiger partial charge in [0.2, 0.25) is 0 Å². The topological polar surface area (TPSA) is 58.1 Å². The van der Waals surface area contributed by atoms with Gasteiger partial charge in [-0.2, -0.15) is 0 Å². The molecule has 1 saturated carbocycles. The highest BCUT2D eigenvalue weighted by atomic mass is 16.2. The lowest BCUT2D eigenvalue weighted by molar-refractivity contribution is 0.0925. The molecule has 0 spiro atoms. The molecule has 2 fully saturated rings. The van der Waals surface area contributed by atoms with Gasteiger partial charge in [-0.25, -0.2) is 9.97 Å². The Labute approximate surface area is 126 Å². The summed E-state index contributed by atoms with van der Waals surface area (Å²) in [5.41, 5.74) is 1.51.